The van der Waals surface area contributed by atoms with E-state index in [9.17, 15) is 14.4 Å². The third-order valence-corrected chi connectivity index (χ3v) is 3.35. The van der Waals surface area contributed by atoms with Gasteiger partial charge in [-0.3, -0.25) is 14.4 Å². The molecule has 1 saturated heterocycles. The second-order valence-corrected chi connectivity index (χ2v) is 4.88. The van der Waals surface area contributed by atoms with Crippen molar-refractivity contribution in [3.63, 3.8) is 0 Å². The Morgan fingerprint density at radius 1 is 1.52 bits per heavy atom. The molecular formula is C13H14ClN3O4. The third kappa shape index (κ3) is 3.49. The van der Waals surface area contributed by atoms with E-state index in [1.807, 2.05) is 0 Å². The van der Waals surface area contributed by atoms with Crippen molar-refractivity contribution in [1.82, 2.24) is 15.2 Å². The smallest absolute Gasteiger partial charge is 0.308 e. The lowest BCUT2D eigenvalue weighted by Gasteiger charge is -2.34. The quantitative estimate of drug-likeness (QED) is 0.808. The van der Waals surface area contributed by atoms with Crippen LogP contribution < -0.4 is 5.32 Å². The Kier molecular flexibility index (Phi) is 4.74. The van der Waals surface area contributed by atoms with Crippen LogP contribution in [0.25, 0.3) is 0 Å². The molecule has 1 aliphatic rings. The molecule has 1 N–H and O–H groups in total. The van der Waals surface area contributed by atoms with Crippen LogP contribution in [0, 0.1) is 0 Å². The minimum Gasteiger partial charge on any atom is -0.469 e. The second-order valence-electron chi connectivity index (χ2n) is 4.45. The number of hydrogen-bond donors (Lipinski definition) is 1. The molecule has 1 fully saturated rings. The maximum Gasteiger partial charge on any atom is 0.308 e. The maximum atomic E-state index is 12.4. The van der Waals surface area contributed by atoms with Crippen LogP contribution in [0.2, 0.25) is 5.02 Å². The summed E-state index contributed by atoms with van der Waals surface area (Å²) in [5, 5.41) is 3.04. The van der Waals surface area contributed by atoms with Crippen molar-refractivity contribution in [3.8, 4) is 0 Å². The Balaban J connectivity index is 2.21. The van der Waals surface area contributed by atoms with Crippen molar-refractivity contribution >= 4 is 29.4 Å². The highest BCUT2D eigenvalue weighted by molar-refractivity contribution is 6.30. The third-order valence-electron chi connectivity index (χ3n) is 3.13. The summed E-state index contributed by atoms with van der Waals surface area (Å²) in [6.45, 7) is 0.631. The van der Waals surface area contributed by atoms with Crippen LogP contribution in [0.1, 0.15) is 16.9 Å². The molecular weight excluding hydrogens is 298 g/mol. The predicted molar refractivity (Wildman–Crippen MR) is 73.7 cm³/mol. The zero-order valence-electron chi connectivity index (χ0n) is 11.3. The Bertz CT molecular complexity index is 561. The first-order chi connectivity index (χ1) is 10.0. The van der Waals surface area contributed by atoms with E-state index in [0.29, 0.717) is 18.1 Å². The minimum absolute atomic E-state index is 0.170. The van der Waals surface area contributed by atoms with Gasteiger partial charge < -0.3 is 15.0 Å². The van der Waals surface area contributed by atoms with Gasteiger partial charge in [-0.05, 0) is 12.1 Å². The molecule has 1 aromatic heterocycles. The maximum absolute atomic E-state index is 12.4. The van der Waals surface area contributed by atoms with Gasteiger partial charge in [0.05, 0.1) is 18.6 Å². The Labute approximate surface area is 126 Å². The van der Waals surface area contributed by atoms with E-state index in [0.717, 1.165) is 0 Å². The molecule has 1 aromatic rings. The number of nitrogens with zero attached hydrogens (tertiary/aromatic N) is 2. The molecule has 7 nitrogen and oxygen atoms in total. The number of hydrogen-bond acceptors (Lipinski definition) is 5. The number of esters is 1. The predicted octanol–water partition coefficient (Wildman–Crippen LogP) is 0.239. The molecule has 2 heterocycles. The van der Waals surface area contributed by atoms with Gasteiger partial charge in [-0.25, -0.2) is 4.98 Å². The van der Waals surface area contributed by atoms with Crippen molar-refractivity contribution in [2.45, 2.75) is 12.5 Å². The second kappa shape index (κ2) is 6.53. The molecule has 1 unspecified atom stereocenters. The molecule has 8 heteroatoms. The summed E-state index contributed by atoms with van der Waals surface area (Å²) in [5.74, 6) is -1.36. The first-order valence-electron chi connectivity index (χ1n) is 6.30. The zero-order valence-corrected chi connectivity index (χ0v) is 12.1. The van der Waals surface area contributed by atoms with Gasteiger partial charge in [0.25, 0.3) is 5.91 Å². The van der Waals surface area contributed by atoms with Crippen LogP contribution in [-0.4, -0.2) is 53.9 Å². The highest BCUT2D eigenvalue weighted by Gasteiger charge is 2.35. The molecule has 0 saturated carbocycles. The summed E-state index contributed by atoms with van der Waals surface area (Å²) in [6.07, 6.45) is 1.16. The van der Waals surface area contributed by atoms with Crippen molar-refractivity contribution < 1.29 is 19.1 Å². The Hall–Kier alpha value is -2.15. The number of carbonyl (C=O) groups excluding carboxylic acids is 3. The standard InChI is InChI=1S/C13H14ClN3O4/c1-21-11(18)6-10-12(19)15-4-5-17(10)13(20)9-3-2-8(14)7-16-9/h2-3,7,10H,4-6H2,1H3,(H,15,19). The largest absolute Gasteiger partial charge is 0.469 e. The number of pyridine rings is 1. The topological polar surface area (TPSA) is 88.6 Å². The number of amides is 2. The number of methoxy groups -OCH3 is 1. The van der Waals surface area contributed by atoms with Gasteiger partial charge in [-0.1, -0.05) is 11.6 Å². The van der Waals surface area contributed by atoms with Gasteiger partial charge in [0, 0.05) is 19.3 Å². The number of halogens is 1. The van der Waals surface area contributed by atoms with Gasteiger partial charge >= 0.3 is 5.97 Å². The first kappa shape index (κ1) is 15.2. The minimum atomic E-state index is -0.892. The molecule has 112 valence electrons. The first-order valence-corrected chi connectivity index (χ1v) is 6.67. The highest BCUT2D eigenvalue weighted by Crippen LogP contribution is 2.15. The van der Waals surface area contributed by atoms with Gasteiger partial charge in [-0.15, -0.1) is 0 Å². The highest BCUT2D eigenvalue weighted by atomic mass is 35.5. The summed E-state index contributed by atoms with van der Waals surface area (Å²) in [7, 11) is 1.23. The fourth-order valence-electron chi connectivity index (χ4n) is 2.05. The van der Waals surface area contributed by atoms with Gasteiger partial charge in [0.15, 0.2) is 0 Å². The summed E-state index contributed by atoms with van der Waals surface area (Å²) < 4.78 is 4.56. The van der Waals surface area contributed by atoms with Crippen LogP contribution in [0.5, 0.6) is 0 Å². The average molecular weight is 312 g/mol. The summed E-state index contributed by atoms with van der Waals surface area (Å²) in [4.78, 5) is 41.0. The van der Waals surface area contributed by atoms with Crippen LogP contribution in [0.15, 0.2) is 18.3 Å². The van der Waals surface area contributed by atoms with Crippen LogP contribution in [-0.2, 0) is 14.3 Å². The molecule has 0 aliphatic carbocycles. The molecule has 21 heavy (non-hydrogen) atoms. The molecule has 0 radical (unpaired) electrons. The van der Waals surface area contributed by atoms with Gasteiger partial charge in [0.2, 0.25) is 5.91 Å². The van der Waals surface area contributed by atoms with Crippen molar-refractivity contribution in [2.75, 3.05) is 20.2 Å². The Morgan fingerprint density at radius 2 is 2.29 bits per heavy atom. The van der Waals surface area contributed by atoms with Crippen molar-refractivity contribution in [3.05, 3.63) is 29.0 Å². The van der Waals surface area contributed by atoms with Crippen LogP contribution in [0.3, 0.4) is 0 Å². The molecule has 2 amide bonds. The SMILES string of the molecule is COC(=O)CC1C(=O)NCCN1C(=O)c1ccc(Cl)cn1. The molecule has 2 rings (SSSR count). The number of ether oxygens (including phenoxy) is 1. The lowest BCUT2D eigenvalue weighted by Crippen LogP contribution is -2.58. The lowest BCUT2D eigenvalue weighted by molar-refractivity contribution is -0.145. The van der Waals surface area contributed by atoms with E-state index in [2.05, 4.69) is 15.0 Å². The van der Waals surface area contributed by atoms with E-state index < -0.39 is 17.9 Å². The normalized spacial score (nSPS) is 18.1. The van der Waals surface area contributed by atoms with Crippen molar-refractivity contribution in [2.24, 2.45) is 0 Å². The lowest BCUT2D eigenvalue weighted by atomic mass is 10.1. The van der Waals surface area contributed by atoms with Crippen molar-refractivity contribution in [1.29, 1.82) is 0 Å². The Morgan fingerprint density at radius 3 is 2.90 bits per heavy atom. The molecule has 1 aliphatic heterocycles. The number of carbonyl (C=O) groups is 3. The van der Waals surface area contributed by atoms with E-state index in [-0.39, 0.29) is 18.0 Å². The zero-order chi connectivity index (χ0) is 15.4. The fraction of sp³-hybridized carbons (Fsp3) is 0.385. The van der Waals surface area contributed by atoms with Gasteiger partial charge in [-0.2, -0.15) is 0 Å². The van der Waals surface area contributed by atoms with E-state index in [1.165, 1.54) is 24.3 Å². The monoisotopic (exact) mass is 311 g/mol. The van der Waals surface area contributed by atoms with E-state index in [4.69, 9.17) is 11.6 Å². The molecule has 1 atom stereocenters. The van der Waals surface area contributed by atoms with Crippen LogP contribution in [0.4, 0.5) is 0 Å². The summed E-state index contributed by atoms with van der Waals surface area (Å²) in [5.41, 5.74) is 0.170. The number of rotatable bonds is 3. The van der Waals surface area contributed by atoms with E-state index in [1.54, 1.807) is 6.07 Å². The molecule has 0 spiro atoms. The molecule has 0 aromatic carbocycles. The van der Waals surface area contributed by atoms with Gasteiger partial charge in [0.1, 0.15) is 11.7 Å². The van der Waals surface area contributed by atoms with Crippen LogP contribution >= 0.6 is 11.6 Å². The number of nitrogens with one attached hydrogen (secondary N) is 1. The number of aromatic nitrogens is 1. The fourth-order valence-corrected chi connectivity index (χ4v) is 2.16. The average Bonchev–Trinajstić information content (AvgIpc) is 2.49. The summed E-state index contributed by atoms with van der Waals surface area (Å²) in [6, 6.07) is 2.13. The number of piperazine rings is 1. The molecule has 0 bridgehead atoms. The summed E-state index contributed by atoms with van der Waals surface area (Å²) >= 11 is 5.73. The van der Waals surface area contributed by atoms with E-state index >= 15 is 0 Å².